The summed E-state index contributed by atoms with van der Waals surface area (Å²) in [5.41, 5.74) is 7.21. The van der Waals surface area contributed by atoms with E-state index >= 15 is 0 Å². The molecule has 11 aliphatic rings. The van der Waals surface area contributed by atoms with Gasteiger partial charge in [0.05, 0.1) is 25.9 Å². The molecule has 0 saturated carbocycles. The van der Waals surface area contributed by atoms with Crippen molar-refractivity contribution in [3.8, 4) is 0 Å². The van der Waals surface area contributed by atoms with Gasteiger partial charge in [-0.25, -0.2) is 0 Å². The van der Waals surface area contributed by atoms with E-state index in [9.17, 15) is 0 Å². The lowest BCUT2D eigenvalue weighted by Gasteiger charge is -2.19. The molecule has 13 nitrogen and oxygen atoms in total. The van der Waals surface area contributed by atoms with E-state index in [-0.39, 0.29) is 0 Å². The molecule has 0 aromatic heterocycles. The first-order valence-electron chi connectivity index (χ1n) is 31.4. The average molecular weight is 1080 g/mol. The summed E-state index contributed by atoms with van der Waals surface area (Å²) >= 11 is 0. The third-order valence-electron chi connectivity index (χ3n) is 14.5. The summed E-state index contributed by atoms with van der Waals surface area (Å²) in [5.74, 6) is 1.90. The third-order valence-corrected chi connectivity index (χ3v) is 14.5. The number of nitrogens with one attached hydrogen (secondary N) is 11. The smallest absolute Gasteiger partial charge is 0.0672 e. The van der Waals surface area contributed by atoms with E-state index in [0.717, 1.165) is 96.0 Å². The minimum Gasteiger partial charge on any atom is -0.391 e. The van der Waals surface area contributed by atoms with Crippen LogP contribution in [0.5, 0.6) is 0 Å². The van der Waals surface area contributed by atoms with Gasteiger partial charge in [0.25, 0.3) is 0 Å². The van der Waals surface area contributed by atoms with Crippen molar-refractivity contribution in [1.29, 1.82) is 0 Å². The molecule has 0 aromatic carbocycles. The summed E-state index contributed by atoms with van der Waals surface area (Å²) in [6.45, 7) is 44.0. The molecule has 11 heterocycles. The number of dihydropyridines is 1. The summed E-state index contributed by atoms with van der Waals surface area (Å²) in [6.07, 6.45) is 38.0. The Labute approximate surface area is 476 Å². The number of hydrogen-bond acceptors (Lipinski definition) is 13. The summed E-state index contributed by atoms with van der Waals surface area (Å²) in [6, 6.07) is 2.14. The molecule has 11 aliphatic heterocycles. The normalized spacial score (nSPS) is 26.6. The topological polar surface area (TPSA) is 151 Å². The van der Waals surface area contributed by atoms with Gasteiger partial charge in [-0.1, -0.05) is 73.3 Å². The minimum atomic E-state index is 0.425. The molecule has 6 saturated heterocycles. The number of morpholine rings is 2. The molecule has 5 unspecified atom stereocenters. The first kappa shape index (κ1) is 72.5. The van der Waals surface area contributed by atoms with Crippen LogP contribution in [0.3, 0.4) is 0 Å². The first-order valence-corrected chi connectivity index (χ1v) is 31.4. The van der Waals surface area contributed by atoms with Crippen LogP contribution < -0.4 is 58.5 Å². The molecule has 6 fully saturated rings. The molecule has 5 atom stereocenters. The number of allylic oxidation sites excluding steroid dienone is 5. The molecule has 0 radical (unpaired) electrons. The van der Waals surface area contributed by atoms with Gasteiger partial charge >= 0.3 is 0 Å². The molecule has 0 spiro atoms. The summed E-state index contributed by atoms with van der Waals surface area (Å²) < 4.78 is 10.3. The molecule has 0 bridgehead atoms. The van der Waals surface area contributed by atoms with Crippen molar-refractivity contribution in [2.75, 3.05) is 118 Å². The van der Waals surface area contributed by atoms with Gasteiger partial charge in [-0.2, -0.15) is 0 Å². The van der Waals surface area contributed by atoms with E-state index in [4.69, 9.17) is 9.47 Å². The lowest BCUT2D eigenvalue weighted by Crippen LogP contribution is -2.38. The number of piperidine rings is 4. The zero-order chi connectivity index (χ0) is 56.2. The number of hydrogen-bond donors (Lipinski definition) is 11. The van der Waals surface area contributed by atoms with E-state index in [1.165, 1.54) is 183 Å². The molecule has 11 rings (SSSR count). The Hall–Kier alpha value is -2.56. The highest BCUT2D eigenvalue weighted by Gasteiger charge is 2.08. The van der Waals surface area contributed by atoms with Gasteiger partial charge in [-0.3, -0.25) is 0 Å². The van der Waals surface area contributed by atoms with E-state index in [0.29, 0.717) is 12.1 Å². The molecular formula is C64H127N11O2. The second kappa shape index (κ2) is 52.8. The third kappa shape index (κ3) is 51.3. The molecular weight excluding hydrogens is 955 g/mol. The summed E-state index contributed by atoms with van der Waals surface area (Å²) in [5, 5.41) is 35.8. The van der Waals surface area contributed by atoms with Gasteiger partial charge in [0.2, 0.25) is 0 Å². The maximum absolute atomic E-state index is 5.22. The fourth-order valence-electron chi connectivity index (χ4n) is 9.08. The lowest BCUT2D eigenvalue weighted by atomic mass is 10.0. The van der Waals surface area contributed by atoms with Crippen molar-refractivity contribution >= 4 is 0 Å². The largest absolute Gasteiger partial charge is 0.391 e. The highest BCUT2D eigenvalue weighted by atomic mass is 16.5. The van der Waals surface area contributed by atoms with Crippen molar-refractivity contribution in [1.82, 2.24) is 58.5 Å². The Morgan fingerprint density at radius 2 is 1.19 bits per heavy atom. The average Bonchev–Trinajstić information content (AvgIpc) is 3.45. The maximum atomic E-state index is 5.22. The predicted octanol–water partition coefficient (Wildman–Crippen LogP) is 10.1. The molecule has 11 N–H and O–H groups in total. The number of ether oxygens (including phenoxy) is 2. The van der Waals surface area contributed by atoms with Crippen molar-refractivity contribution in [3.63, 3.8) is 0 Å². The van der Waals surface area contributed by atoms with Crippen LogP contribution >= 0.6 is 0 Å². The quantitative estimate of drug-likeness (QED) is 0.105. The zero-order valence-electron chi connectivity index (χ0n) is 52.1. The van der Waals surface area contributed by atoms with Crippen LogP contribution in [0.25, 0.3) is 0 Å². The number of rotatable bonds is 0. The van der Waals surface area contributed by atoms with Crippen LogP contribution in [-0.2, 0) is 9.47 Å². The van der Waals surface area contributed by atoms with Crippen LogP contribution in [0, 0.1) is 11.8 Å². The van der Waals surface area contributed by atoms with Gasteiger partial charge in [0.15, 0.2) is 0 Å². The maximum Gasteiger partial charge on any atom is 0.0672 e. The fraction of sp³-hybridized carbons (Fsp3) is 0.812. The highest BCUT2D eigenvalue weighted by molar-refractivity contribution is 5.09. The highest BCUT2D eigenvalue weighted by Crippen LogP contribution is 2.10. The lowest BCUT2D eigenvalue weighted by molar-refractivity contribution is 0.0410. The van der Waals surface area contributed by atoms with Gasteiger partial charge in [0, 0.05) is 69.6 Å². The van der Waals surface area contributed by atoms with Gasteiger partial charge in [0.1, 0.15) is 0 Å². The second-order valence-electron chi connectivity index (χ2n) is 23.2. The Bertz CT molecular complexity index is 1270. The molecule has 0 amide bonds. The van der Waals surface area contributed by atoms with Crippen LogP contribution in [0.2, 0.25) is 0 Å². The van der Waals surface area contributed by atoms with Gasteiger partial charge < -0.3 is 68.0 Å². The van der Waals surface area contributed by atoms with Gasteiger partial charge in [-0.15, -0.1) is 0 Å². The Balaban J connectivity index is 0.000000423. The minimum absolute atomic E-state index is 0.425. The standard InChI is InChI=1S/C6H13N.C6H11N.C6H13N.2C6H11N.C6H9N.2C6H13N.C6H11N.2C5H11NO/c2*1-6-2-4-7-5-3-6;4*1-6-3-2-4-7-5-6;3*1-6-4-2-3-5-7-6;1-5-4-7-3-2-6-5;1-5-4-6-2-3-7-5/h6-7H,2-5H2,1H3;2,7H,3-5H2,1H3;6-7H,2-5H2,1H3;5,7H,2-4H2,1H3;3,7H,2,4-5H2,1H3;2,4-5,7H,3H2,1H3;2*6-7H,2-5H2,1H3;4,7H,2-3,5H2,1H3;2*5-6H,2-4H2,1H3. The van der Waals surface area contributed by atoms with Crippen LogP contribution in [-0.4, -0.2) is 142 Å². The van der Waals surface area contributed by atoms with Gasteiger partial charge in [-0.05, 0) is 241 Å². The summed E-state index contributed by atoms with van der Waals surface area (Å²) in [7, 11) is 0. The SMILES string of the molecule is CC1=CCCCN1.CC1=CCCNC1.CC1=CCNCC1.CC1=CNC=CC1.CC1=CNCCC1.CC1CCCCN1.CC1CCCCN1.CC1CCCNC1.CC1CCNCC1.CC1CNCCO1.CC1COCCN1. The van der Waals surface area contributed by atoms with E-state index in [1.807, 2.05) is 12.4 Å². The monoisotopic (exact) mass is 1080 g/mol. The Morgan fingerprint density at radius 3 is 1.45 bits per heavy atom. The van der Waals surface area contributed by atoms with Crippen LogP contribution in [0.15, 0.2) is 70.9 Å². The van der Waals surface area contributed by atoms with Crippen molar-refractivity contribution in [2.24, 2.45) is 11.8 Å². The fourth-order valence-corrected chi connectivity index (χ4v) is 9.08. The molecule has 77 heavy (non-hydrogen) atoms. The van der Waals surface area contributed by atoms with Crippen molar-refractivity contribution < 1.29 is 9.47 Å². The van der Waals surface area contributed by atoms with E-state index < -0.39 is 0 Å². The van der Waals surface area contributed by atoms with Crippen LogP contribution in [0.4, 0.5) is 0 Å². The molecule has 13 heteroatoms. The predicted molar refractivity (Wildman–Crippen MR) is 337 cm³/mol. The van der Waals surface area contributed by atoms with E-state index in [2.05, 4.69) is 165 Å². The summed E-state index contributed by atoms with van der Waals surface area (Å²) in [4.78, 5) is 0. The van der Waals surface area contributed by atoms with Crippen molar-refractivity contribution in [3.05, 3.63) is 70.9 Å². The zero-order valence-corrected chi connectivity index (χ0v) is 52.1. The first-order chi connectivity index (χ1) is 37.3. The van der Waals surface area contributed by atoms with Crippen LogP contribution in [0.1, 0.15) is 185 Å². The Morgan fingerprint density at radius 1 is 0.468 bits per heavy atom. The second-order valence-corrected chi connectivity index (χ2v) is 23.2. The Kier molecular flexibility index (Phi) is 49.7. The molecule has 0 aromatic rings. The van der Waals surface area contributed by atoms with E-state index in [1.54, 1.807) is 0 Å². The van der Waals surface area contributed by atoms with Crippen molar-refractivity contribution in [2.45, 2.75) is 210 Å². The molecule has 450 valence electrons. The molecule has 0 aliphatic carbocycles.